The van der Waals surface area contributed by atoms with E-state index < -0.39 is 0 Å². The molecule has 2 aliphatic rings. The molecule has 3 rings (SSSR count). The molecule has 0 saturated carbocycles. The minimum absolute atomic E-state index is 0.0692. The predicted octanol–water partition coefficient (Wildman–Crippen LogP) is 1.61. The number of carbonyl (C=O) groups is 1. The Morgan fingerprint density at radius 2 is 2.22 bits per heavy atom. The number of thioether (sulfide) groups is 1. The molecular formula is C14H17NO2S. The second-order valence-corrected chi connectivity index (χ2v) is 6.14. The maximum Gasteiger partial charge on any atom is 0.240 e. The number of fused-ring (bicyclic) bond motifs is 1. The smallest absolute Gasteiger partial charge is 0.240 e. The first-order valence-corrected chi connectivity index (χ1v) is 7.47. The maximum absolute atomic E-state index is 12.5. The van der Waals surface area contributed by atoms with E-state index in [1.807, 2.05) is 17.0 Å². The number of carbonyl (C=O) groups excluding carboxylic acids is 1. The van der Waals surface area contributed by atoms with Gasteiger partial charge >= 0.3 is 0 Å². The highest BCUT2D eigenvalue weighted by Crippen LogP contribution is 2.38. The second kappa shape index (κ2) is 4.94. The first kappa shape index (κ1) is 12.1. The third-order valence-electron chi connectivity index (χ3n) is 3.69. The van der Waals surface area contributed by atoms with Crippen LogP contribution in [0.15, 0.2) is 24.3 Å². The Morgan fingerprint density at radius 3 is 3.00 bits per heavy atom. The molecule has 1 unspecified atom stereocenters. The standard InChI is InChI=1S/C14H17NO2S/c16-11-5-7-15(9-11)14(17)13-12-4-2-1-3-10(12)6-8-18-13/h1-4,11,13,16H,5-9H2/t11-,13?/m1/s1. The first-order valence-electron chi connectivity index (χ1n) is 6.42. The summed E-state index contributed by atoms with van der Waals surface area (Å²) in [6.45, 7) is 1.19. The van der Waals surface area contributed by atoms with Crippen LogP contribution >= 0.6 is 11.8 Å². The fourth-order valence-electron chi connectivity index (χ4n) is 2.71. The maximum atomic E-state index is 12.5. The van der Waals surface area contributed by atoms with E-state index in [4.69, 9.17) is 0 Å². The van der Waals surface area contributed by atoms with Crippen LogP contribution in [0.3, 0.4) is 0 Å². The highest BCUT2D eigenvalue weighted by atomic mass is 32.2. The van der Waals surface area contributed by atoms with Gasteiger partial charge in [0.05, 0.1) is 6.10 Å². The van der Waals surface area contributed by atoms with Gasteiger partial charge in [-0.3, -0.25) is 4.79 Å². The molecule has 0 bridgehead atoms. The Kier molecular flexibility index (Phi) is 3.31. The summed E-state index contributed by atoms with van der Waals surface area (Å²) in [4.78, 5) is 14.3. The zero-order valence-electron chi connectivity index (χ0n) is 10.2. The van der Waals surface area contributed by atoms with Gasteiger partial charge in [0.25, 0.3) is 0 Å². The summed E-state index contributed by atoms with van der Waals surface area (Å²) < 4.78 is 0. The zero-order chi connectivity index (χ0) is 12.5. The van der Waals surface area contributed by atoms with E-state index >= 15 is 0 Å². The Bertz CT molecular complexity index is 463. The molecule has 1 aromatic carbocycles. The second-order valence-electron chi connectivity index (χ2n) is 4.93. The Morgan fingerprint density at radius 1 is 1.39 bits per heavy atom. The van der Waals surface area contributed by atoms with Crippen molar-refractivity contribution in [1.82, 2.24) is 4.90 Å². The monoisotopic (exact) mass is 263 g/mol. The number of benzene rings is 1. The van der Waals surface area contributed by atoms with E-state index in [1.54, 1.807) is 11.8 Å². The first-order chi connectivity index (χ1) is 8.75. The average molecular weight is 263 g/mol. The lowest BCUT2D eigenvalue weighted by Crippen LogP contribution is -2.34. The highest BCUT2D eigenvalue weighted by molar-refractivity contribution is 8.00. The van der Waals surface area contributed by atoms with Gasteiger partial charge in [-0.05, 0) is 29.7 Å². The molecule has 1 N–H and O–H groups in total. The molecule has 0 spiro atoms. The summed E-state index contributed by atoms with van der Waals surface area (Å²) in [6, 6.07) is 8.23. The van der Waals surface area contributed by atoms with Gasteiger partial charge in [0.15, 0.2) is 0 Å². The van der Waals surface area contributed by atoms with Crippen molar-refractivity contribution < 1.29 is 9.90 Å². The molecule has 4 heteroatoms. The molecular weight excluding hydrogens is 246 g/mol. The van der Waals surface area contributed by atoms with Crippen LogP contribution in [0, 0.1) is 0 Å². The molecule has 96 valence electrons. The number of aliphatic hydroxyl groups is 1. The normalized spacial score (nSPS) is 27.1. The quantitative estimate of drug-likeness (QED) is 0.837. The molecule has 2 heterocycles. The van der Waals surface area contributed by atoms with Crippen molar-refractivity contribution in [2.24, 2.45) is 0 Å². The van der Waals surface area contributed by atoms with Crippen LogP contribution in [0.4, 0.5) is 0 Å². The van der Waals surface area contributed by atoms with E-state index in [0.29, 0.717) is 19.5 Å². The zero-order valence-corrected chi connectivity index (χ0v) is 11.0. The Hall–Kier alpha value is -1.00. The van der Waals surface area contributed by atoms with Gasteiger partial charge in [-0.25, -0.2) is 0 Å². The molecule has 2 aliphatic heterocycles. The Balaban J connectivity index is 1.83. The fourth-order valence-corrected chi connectivity index (χ4v) is 3.98. The van der Waals surface area contributed by atoms with Crippen molar-refractivity contribution >= 4 is 17.7 Å². The summed E-state index contributed by atoms with van der Waals surface area (Å²) in [5, 5.41) is 9.47. The van der Waals surface area contributed by atoms with E-state index in [0.717, 1.165) is 12.2 Å². The third kappa shape index (κ3) is 2.15. The van der Waals surface area contributed by atoms with Gasteiger partial charge in [-0.2, -0.15) is 0 Å². The van der Waals surface area contributed by atoms with Crippen LogP contribution in [0.25, 0.3) is 0 Å². The molecule has 18 heavy (non-hydrogen) atoms. The number of likely N-dealkylation sites (tertiary alicyclic amines) is 1. The van der Waals surface area contributed by atoms with Crippen molar-refractivity contribution in [2.45, 2.75) is 24.2 Å². The molecule has 2 atom stereocenters. The van der Waals surface area contributed by atoms with Gasteiger partial charge in [0.2, 0.25) is 5.91 Å². The molecule has 1 saturated heterocycles. The van der Waals surface area contributed by atoms with Crippen molar-refractivity contribution in [1.29, 1.82) is 0 Å². The SMILES string of the molecule is O=C(C1SCCc2ccccc21)N1CC[C@@H](O)C1. The van der Waals surface area contributed by atoms with Crippen LogP contribution in [0.1, 0.15) is 22.8 Å². The largest absolute Gasteiger partial charge is 0.391 e. The lowest BCUT2D eigenvalue weighted by molar-refractivity contribution is -0.130. The van der Waals surface area contributed by atoms with Crippen molar-refractivity contribution in [3.05, 3.63) is 35.4 Å². The van der Waals surface area contributed by atoms with Crippen LogP contribution < -0.4 is 0 Å². The fraction of sp³-hybridized carbons (Fsp3) is 0.500. The van der Waals surface area contributed by atoms with E-state index in [9.17, 15) is 9.90 Å². The van der Waals surface area contributed by atoms with Crippen LogP contribution in [-0.2, 0) is 11.2 Å². The predicted molar refractivity (Wildman–Crippen MR) is 72.5 cm³/mol. The van der Waals surface area contributed by atoms with Crippen LogP contribution in [0.5, 0.6) is 0 Å². The summed E-state index contributed by atoms with van der Waals surface area (Å²) in [5.41, 5.74) is 2.47. The summed E-state index contributed by atoms with van der Waals surface area (Å²) >= 11 is 1.73. The number of nitrogens with zero attached hydrogens (tertiary/aromatic N) is 1. The van der Waals surface area contributed by atoms with Gasteiger partial charge in [0.1, 0.15) is 5.25 Å². The number of β-amino-alcohol motifs (C(OH)–C–C–N with tert-alkyl or cyclic N) is 1. The highest BCUT2D eigenvalue weighted by Gasteiger charge is 2.33. The van der Waals surface area contributed by atoms with Crippen molar-refractivity contribution in [3.8, 4) is 0 Å². The molecule has 1 aromatic rings. The number of amides is 1. The molecule has 1 fully saturated rings. The average Bonchev–Trinajstić information content (AvgIpc) is 2.84. The van der Waals surface area contributed by atoms with E-state index in [2.05, 4.69) is 12.1 Å². The van der Waals surface area contributed by atoms with Crippen molar-refractivity contribution in [3.63, 3.8) is 0 Å². The van der Waals surface area contributed by atoms with Crippen molar-refractivity contribution in [2.75, 3.05) is 18.8 Å². The molecule has 0 aliphatic carbocycles. The van der Waals surface area contributed by atoms with Gasteiger partial charge in [0, 0.05) is 13.1 Å². The lowest BCUT2D eigenvalue weighted by Gasteiger charge is -2.28. The Labute approximate surface area is 111 Å². The topological polar surface area (TPSA) is 40.5 Å². The van der Waals surface area contributed by atoms with Gasteiger partial charge in [-0.1, -0.05) is 24.3 Å². The van der Waals surface area contributed by atoms with E-state index in [1.165, 1.54) is 11.1 Å². The van der Waals surface area contributed by atoms with Crippen LogP contribution in [-0.4, -0.2) is 40.9 Å². The number of aryl methyl sites for hydroxylation is 1. The lowest BCUT2D eigenvalue weighted by atomic mass is 10.0. The third-order valence-corrected chi connectivity index (χ3v) is 4.92. The van der Waals surface area contributed by atoms with Gasteiger partial charge < -0.3 is 10.0 Å². The summed E-state index contributed by atoms with van der Waals surface area (Å²) in [6.07, 6.45) is 1.43. The number of rotatable bonds is 1. The number of aliphatic hydroxyl groups excluding tert-OH is 1. The van der Waals surface area contributed by atoms with Crippen LogP contribution in [0.2, 0.25) is 0 Å². The molecule has 0 aromatic heterocycles. The summed E-state index contributed by atoms with van der Waals surface area (Å²) in [7, 11) is 0. The molecule has 3 nitrogen and oxygen atoms in total. The summed E-state index contributed by atoms with van der Waals surface area (Å²) in [5.74, 6) is 1.17. The number of hydrogen-bond donors (Lipinski definition) is 1. The molecule has 0 radical (unpaired) electrons. The van der Waals surface area contributed by atoms with Gasteiger partial charge in [-0.15, -0.1) is 11.8 Å². The minimum atomic E-state index is -0.335. The van der Waals surface area contributed by atoms with E-state index in [-0.39, 0.29) is 17.3 Å². The number of hydrogen-bond acceptors (Lipinski definition) is 3. The molecule has 1 amide bonds. The minimum Gasteiger partial charge on any atom is -0.391 e.